The van der Waals surface area contributed by atoms with Crippen LogP contribution in [0.1, 0.15) is 32.3 Å². The summed E-state index contributed by atoms with van der Waals surface area (Å²) >= 11 is 1.43. The quantitative estimate of drug-likeness (QED) is 0.418. The van der Waals surface area contributed by atoms with Gasteiger partial charge in [-0.1, -0.05) is 38.1 Å². The molecule has 0 aliphatic heterocycles. The molecule has 5 heteroatoms. The lowest BCUT2D eigenvalue weighted by molar-refractivity contribution is 0.265. The van der Waals surface area contributed by atoms with Gasteiger partial charge in [-0.2, -0.15) is 0 Å². The molecule has 0 fully saturated rings. The molecule has 0 aliphatic rings. The Kier molecular flexibility index (Phi) is 5.43. The van der Waals surface area contributed by atoms with E-state index in [1.54, 1.807) is 12.1 Å². The van der Waals surface area contributed by atoms with Crippen LogP contribution in [-0.2, 0) is 5.41 Å². The van der Waals surface area contributed by atoms with Gasteiger partial charge in [0.05, 0.1) is 0 Å². The molecule has 0 saturated heterocycles. The largest absolute Gasteiger partial charge is 0.507 e. The number of aromatic amines is 1. The number of likely N-dealkylation sites (N-methyl/N-ethyl adjacent to an activating group) is 1. The van der Waals surface area contributed by atoms with Crippen LogP contribution in [0.15, 0.2) is 52.6 Å². The lowest BCUT2D eigenvalue weighted by atomic mass is 9.75. The standard InChI is InChI=1S/C25H28N2O2S/c1-5-25(6-2,15-27(3)4)17-9-7-16(8-10-17)21-20(28)12-11-19-22(21)18-13-14-30-23(18)24(29)26-19/h7-14,28H,5-6,15H2,1-4H3,(H,26,29). The Morgan fingerprint density at radius 3 is 2.37 bits per heavy atom. The lowest BCUT2D eigenvalue weighted by Crippen LogP contribution is -2.36. The maximum atomic E-state index is 12.4. The van der Waals surface area contributed by atoms with Gasteiger partial charge in [-0.15, -0.1) is 11.3 Å². The minimum absolute atomic E-state index is 0.0844. The lowest BCUT2D eigenvalue weighted by Gasteiger charge is -2.35. The molecule has 30 heavy (non-hydrogen) atoms. The van der Waals surface area contributed by atoms with Gasteiger partial charge in [0.1, 0.15) is 10.4 Å². The van der Waals surface area contributed by atoms with Gasteiger partial charge in [-0.3, -0.25) is 4.79 Å². The van der Waals surface area contributed by atoms with Crippen molar-refractivity contribution in [3.8, 4) is 16.9 Å². The number of thiophene rings is 1. The summed E-state index contributed by atoms with van der Waals surface area (Å²) in [7, 11) is 4.24. The van der Waals surface area contributed by atoms with Crippen molar-refractivity contribution in [2.45, 2.75) is 32.1 Å². The van der Waals surface area contributed by atoms with Gasteiger partial charge in [-0.05, 0) is 61.6 Å². The number of nitrogens with one attached hydrogen (secondary N) is 1. The van der Waals surface area contributed by atoms with Crippen LogP contribution in [0.5, 0.6) is 5.75 Å². The first-order chi connectivity index (χ1) is 14.4. The van der Waals surface area contributed by atoms with Crippen LogP contribution in [0.25, 0.3) is 32.1 Å². The van der Waals surface area contributed by atoms with E-state index in [-0.39, 0.29) is 16.7 Å². The van der Waals surface area contributed by atoms with Gasteiger partial charge in [0.15, 0.2) is 0 Å². The molecular weight excluding hydrogens is 392 g/mol. The van der Waals surface area contributed by atoms with Gasteiger partial charge in [0.2, 0.25) is 0 Å². The Hall–Kier alpha value is -2.63. The van der Waals surface area contributed by atoms with Crippen LogP contribution >= 0.6 is 11.3 Å². The van der Waals surface area contributed by atoms with Crippen LogP contribution in [-0.4, -0.2) is 35.6 Å². The number of aromatic hydroxyl groups is 1. The van der Waals surface area contributed by atoms with Gasteiger partial charge >= 0.3 is 0 Å². The number of nitrogens with zero attached hydrogens (tertiary/aromatic N) is 1. The molecule has 156 valence electrons. The molecule has 2 heterocycles. The number of pyridine rings is 1. The number of hydrogen-bond acceptors (Lipinski definition) is 4. The molecule has 0 atom stereocenters. The number of hydrogen-bond donors (Lipinski definition) is 2. The molecule has 4 nitrogen and oxygen atoms in total. The van der Waals surface area contributed by atoms with E-state index in [0.29, 0.717) is 4.70 Å². The predicted octanol–water partition coefficient (Wildman–Crippen LogP) is 5.73. The molecule has 4 rings (SSSR count). The van der Waals surface area contributed by atoms with Crippen molar-refractivity contribution in [1.82, 2.24) is 9.88 Å². The smallest absolute Gasteiger partial charge is 0.266 e. The van der Waals surface area contributed by atoms with Crippen molar-refractivity contribution >= 4 is 32.3 Å². The Bertz CT molecular complexity index is 1250. The number of H-pyrrole nitrogens is 1. The van der Waals surface area contributed by atoms with Crippen LogP contribution in [0, 0.1) is 0 Å². The normalized spacial score (nSPS) is 12.3. The number of benzene rings is 2. The van der Waals surface area contributed by atoms with Gasteiger partial charge in [0, 0.05) is 33.8 Å². The molecule has 0 saturated carbocycles. The van der Waals surface area contributed by atoms with E-state index < -0.39 is 0 Å². The molecule has 0 spiro atoms. The Morgan fingerprint density at radius 1 is 1.03 bits per heavy atom. The van der Waals surface area contributed by atoms with Gasteiger partial charge < -0.3 is 15.0 Å². The molecule has 0 amide bonds. The maximum absolute atomic E-state index is 12.4. The minimum atomic E-state index is -0.0844. The monoisotopic (exact) mass is 420 g/mol. The van der Waals surface area contributed by atoms with Gasteiger partial charge in [-0.25, -0.2) is 0 Å². The first kappa shape index (κ1) is 20.6. The third-order valence-electron chi connectivity index (χ3n) is 6.33. The molecule has 0 bridgehead atoms. The topological polar surface area (TPSA) is 56.3 Å². The summed E-state index contributed by atoms with van der Waals surface area (Å²) in [5, 5.41) is 14.5. The summed E-state index contributed by atoms with van der Waals surface area (Å²) in [4.78, 5) is 17.6. The second-order valence-corrected chi connectivity index (χ2v) is 9.22. The molecular formula is C25H28N2O2S. The van der Waals surface area contributed by atoms with Crippen molar-refractivity contribution in [1.29, 1.82) is 0 Å². The fourth-order valence-corrected chi connectivity index (χ4v) is 5.49. The highest BCUT2D eigenvalue weighted by Crippen LogP contribution is 2.41. The zero-order valence-corrected chi connectivity index (χ0v) is 18.8. The third kappa shape index (κ3) is 3.32. The second kappa shape index (κ2) is 7.89. The van der Waals surface area contributed by atoms with Crippen LogP contribution in [0.4, 0.5) is 0 Å². The predicted molar refractivity (Wildman–Crippen MR) is 128 cm³/mol. The Balaban J connectivity index is 1.91. The SMILES string of the molecule is CCC(CC)(CN(C)C)c1ccc(-c2c(O)ccc3[nH]c(=O)c4sccc4c23)cc1. The first-order valence-corrected chi connectivity index (χ1v) is 11.3. The minimum Gasteiger partial charge on any atom is -0.507 e. The van der Waals surface area contributed by atoms with Crippen molar-refractivity contribution in [2.24, 2.45) is 0 Å². The van der Waals surface area contributed by atoms with Crippen molar-refractivity contribution in [2.75, 3.05) is 20.6 Å². The number of aromatic nitrogens is 1. The molecule has 0 unspecified atom stereocenters. The van der Waals surface area contributed by atoms with E-state index in [1.165, 1.54) is 16.9 Å². The van der Waals surface area contributed by atoms with E-state index in [4.69, 9.17) is 0 Å². The van der Waals surface area contributed by atoms with Crippen molar-refractivity contribution < 1.29 is 5.11 Å². The molecule has 2 aromatic carbocycles. The molecule has 2 N–H and O–H groups in total. The van der Waals surface area contributed by atoms with E-state index in [1.807, 2.05) is 11.4 Å². The summed E-state index contributed by atoms with van der Waals surface area (Å²) in [6, 6.07) is 14.0. The van der Waals surface area contributed by atoms with E-state index in [0.717, 1.165) is 46.8 Å². The summed E-state index contributed by atoms with van der Waals surface area (Å²) in [6.07, 6.45) is 2.13. The summed E-state index contributed by atoms with van der Waals surface area (Å²) in [6.45, 7) is 5.50. The number of phenolic OH excluding ortho intramolecular Hbond substituents is 1. The van der Waals surface area contributed by atoms with E-state index >= 15 is 0 Å². The first-order valence-electron chi connectivity index (χ1n) is 10.4. The van der Waals surface area contributed by atoms with E-state index in [9.17, 15) is 9.90 Å². The van der Waals surface area contributed by atoms with Crippen LogP contribution in [0.3, 0.4) is 0 Å². The average Bonchev–Trinajstić information content (AvgIpc) is 3.23. The third-order valence-corrected chi connectivity index (χ3v) is 7.24. The number of phenols is 1. The second-order valence-electron chi connectivity index (χ2n) is 8.30. The highest BCUT2D eigenvalue weighted by molar-refractivity contribution is 7.17. The maximum Gasteiger partial charge on any atom is 0.266 e. The fraction of sp³-hybridized carbons (Fsp3) is 0.320. The number of fused-ring (bicyclic) bond motifs is 3. The molecule has 4 aromatic rings. The summed E-state index contributed by atoms with van der Waals surface area (Å²) in [5.41, 5.74) is 3.80. The van der Waals surface area contributed by atoms with Crippen LogP contribution in [0.2, 0.25) is 0 Å². The molecule has 0 aliphatic carbocycles. The fourth-order valence-electron chi connectivity index (χ4n) is 4.70. The Morgan fingerprint density at radius 2 is 1.73 bits per heavy atom. The average molecular weight is 421 g/mol. The van der Waals surface area contributed by atoms with Crippen LogP contribution < -0.4 is 5.56 Å². The summed E-state index contributed by atoms with van der Waals surface area (Å²) < 4.78 is 0.688. The molecule has 0 radical (unpaired) electrons. The highest BCUT2D eigenvalue weighted by atomic mass is 32.1. The Labute approximate surface area is 180 Å². The van der Waals surface area contributed by atoms with Gasteiger partial charge in [0.25, 0.3) is 5.56 Å². The highest BCUT2D eigenvalue weighted by Gasteiger charge is 2.29. The van der Waals surface area contributed by atoms with Crippen molar-refractivity contribution in [3.05, 3.63) is 63.8 Å². The zero-order valence-electron chi connectivity index (χ0n) is 18.0. The summed E-state index contributed by atoms with van der Waals surface area (Å²) in [5.74, 6) is 0.223. The van der Waals surface area contributed by atoms with Crippen molar-refractivity contribution in [3.63, 3.8) is 0 Å². The number of rotatable bonds is 6. The van der Waals surface area contributed by atoms with E-state index in [2.05, 4.69) is 62.1 Å². The zero-order chi connectivity index (χ0) is 21.5. The molecule has 2 aromatic heterocycles.